The van der Waals surface area contributed by atoms with Crippen LogP contribution < -0.4 is 4.90 Å². The van der Waals surface area contributed by atoms with Crippen LogP contribution in [0.25, 0.3) is 11.0 Å². The van der Waals surface area contributed by atoms with Crippen LogP contribution in [0.3, 0.4) is 0 Å². The second-order valence-electron chi connectivity index (χ2n) is 8.01. The molecule has 1 atom stereocenters. The molecular weight excluding hydrogens is 457 g/mol. The number of ether oxygens (including phenoxy) is 1. The van der Waals surface area contributed by atoms with E-state index in [4.69, 9.17) is 44.5 Å². The van der Waals surface area contributed by atoms with E-state index >= 15 is 0 Å². The lowest BCUT2D eigenvalue weighted by molar-refractivity contribution is 0.155. The summed E-state index contributed by atoms with van der Waals surface area (Å²) in [7, 11) is 0. The maximum Gasteiger partial charge on any atom is 0.485 e. The number of hydrogen-bond acceptors (Lipinski definition) is 3. The maximum atomic E-state index is 10.3. The van der Waals surface area contributed by atoms with Crippen molar-refractivity contribution in [1.82, 2.24) is 9.55 Å². The first-order chi connectivity index (χ1) is 14.8. The van der Waals surface area contributed by atoms with Crippen LogP contribution >= 0.6 is 34.8 Å². The predicted molar refractivity (Wildman–Crippen MR) is 129 cm³/mol. The van der Waals surface area contributed by atoms with E-state index in [2.05, 4.69) is 9.47 Å². The second kappa shape index (κ2) is 8.89. The van der Waals surface area contributed by atoms with Crippen molar-refractivity contribution in [2.45, 2.75) is 46.3 Å². The zero-order valence-electron chi connectivity index (χ0n) is 17.7. The lowest BCUT2D eigenvalue weighted by atomic mass is 10.0. The van der Waals surface area contributed by atoms with Crippen LogP contribution in [-0.2, 0) is 11.3 Å². The Balaban J connectivity index is 1.87. The predicted octanol–water partition coefficient (Wildman–Crippen LogP) is 7.16. The summed E-state index contributed by atoms with van der Waals surface area (Å²) in [5.41, 5.74) is 3.46. The standard InChI is InChI=1S/C23H24Cl3N3O2/c1-4-19(31-22(30)13(2)3)15-7-8-16(25)20-21(15)29-11-5-10-28(23(29)27-20)18-9-6-14(24)12-17(18)26/h6-9,12-13,19H,4-5,10-11H2,1-3H3/p+1. The van der Waals surface area contributed by atoms with Crippen LogP contribution in [0.5, 0.6) is 0 Å². The van der Waals surface area contributed by atoms with Gasteiger partial charge in [0.15, 0.2) is 0 Å². The van der Waals surface area contributed by atoms with Crippen molar-refractivity contribution in [3.63, 3.8) is 0 Å². The fourth-order valence-electron chi connectivity index (χ4n) is 3.96. The number of nitrogens with zero attached hydrogens (tertiary/aromatic N) is 3. The minimum Gasteiger partial charge on any atom is -0.339 e. The number of anilines is 2. The Kier molecular flexibility index (Phi) is 6.38. The summed E-state index contributed by atoms with van der Waals surface area (Å²) in [5, 5.41) is 1.74. The van der Waals surface area contributed by atoms with Gasteiger partial charge in [-0.15, -0.1) is 0 Å². The Morgan fingerprint density at radius 3 is 2.58 bits per heavy atom. The summed E-state index contributed by atoms with van der Waals surface area (Å²) in [6.07, 6.45) is 1.31. The molecule has 3 aromatic rings. The fraction of sp³-hybridized carbons (Fsp3) is 0.391. The van der Waals surface area contributed by atoms with E-state index in [1.807, 2.05) is 45.0 Å². The average Bonchev–Trinajstić information content (AvgIpc) is 3.13. The molecule has 1 unspecified atom stereocenters. The quantitative estimate of drug-likeness (QED) is 0.287. The maximum absolute atomic E-state index is 10.3. The first-order valence-corrected chi connectivity index (χ1v) is 11.6. The van der Waals surface area contributed by atoms with E-state index in [1.54, 1.807) is 6.07 Å². The van der Waals surface area contributed by atoms with Gasteiger partial charge < -0.3 is 19.0 Å². The van der Waals surface area contributed by atoms with E-state index in [0.717, 1.165) is 47.7 Å². The molecule has 0 fully saturated rings. The summed E-state index contributed by atoms with van der Waals surface area (Å²) in [6.45, 7) is 7.41. The molecule has 5 nitrogen and oxygen atoms in total. The largest absolute Gasteiger partial charge is 0.485 e. The molecule has 31 heavy (non-hydrogen) atoms. The van der Waals surface area contributed by atoms with Crippen molar-refractivity contribution in [3.8, 4) is 0 Å². The molecule has 0 saturated carbocycles. The number of rotatable bonds is 5. The smallest absolute Gasteiger partial charge is 0.339 e. The molecule has 2 heterocycles. The zero-order chi connectivity index (χ0) is 22.3. The van der Waals surface area contributed by atoms with Gasteiger partial charge in [-0.3, -0.25) is 0 Å². The van der Waals surface area contributed by atoms with Crippen molar-refractivity contribution in [3.05, 3.63) is 51.0 Å². The van der Waals surface area contributed by atoms with Gasteiger partial charge in [0.2, 0.25) is 12.1 Å². The number of halogens is 3. The summed E-state index contributed by atoms with van der Waals surface area (Å²) < 4.78 is 8.11. The van der Waals surface area contributed by atoms with Crippen molar-refractivity contribution >= 4 is 63.4 Å². The SMILES string of the molecule is CCC(OC(=[OH+])C(C)C)c1ccc(Cl)c2nc3n(c12)CCCN3c1ccc(Cl)cc1Cl. The van der Waals surface area contributed by atoms with Crippen molar-refractivity contribution in [1.29, 1.82) is 0 Å². The van der Waals surface area contributed by atoms with Crippen LogP contribution in [-0.4, -0.2) is 26.9 Å². The molecule has 1 N–H and O–H groups in total. The summed E-state index contributed by atoms with van der Waals surface area (Å²) in [6, 6.07) is 9.29. The number of benzene rings is 2. The third kappa shape index (κ3) is 4.11. The first kappa shape index (κ1) is 22.3. The highest BCUT2D eigenvalue weighted by Crippen LogP contribution is 2.41. The number of esters is 1. The summed E-state index contributed by atoms with van der Waals surface area (Å²) in [4.78, 5) is 17.3. The minimum absolute atomic E-state index is 0.0305. The Morgan fingerprint density at radius 1 is 1.13 bits per heavy atom. The van der Waals surface area contributed by atoms with E-state index in [-0.39, 0.29) is 18.0 Å². The van der Waals surface area contributed by atoms with Crippen LogP contribution in [0.15, 0.2) is 30.3 Å². The molecule has 1 aromatic heterocycles. The van der Waals surface area contributed by atoms with Crippen LogP contribution in [0.2, 0.25) is 15.1 Å². The fourth-order valence-corrected chi connectivity index (χ4v) is 4.67. The number of hydrogen-bond donors (Lipinski definition) is 0. The third-order valence-electron chi connectivity index (χ3n) is 5.54. The monoisotopic (exact) mass is 480 g/mol. The van der Waals surface area contributed by atoms with Crippen LogP contribution in [0.4, 0.5) is 11.6 Å². The molecule has 2 aromatic carbocycles. The molecule has 164 valence electrons. The van der Waals surface area contributed by atoms with E-state index < -0.39 is 0 Å². The molecule has 0 bridgehead atoms. The summed E-state index contributed by atoms with van der Waals surface area (Å²) in [5.74, 6) is 0.730. The second-order valence-corrected chi connectivity index (χ2v) is 9.26. The Labute approximate surface area is 196 Å². The van der Waals surface area contributed by atoms with E-state index in [0.29, 0.717) is 21.5 Å². The number of imidazole rings is 1. The first-order valence-electron chi connectivity index (χ1n) is 10.5. The van der Waals surface area contributed by atoms with Gasteiger partial charge in [0.05, 0.1) is 21.2 Å². The van der Waals surface area contributed by atoms with Gasteiger partial charge in [0.1, 0.15) is 11.4 Å². The van der Waals surface area contributed by atoms with Gasteiger partial charge in [-0.1, -0.05) is 41.7 Å². The van der Waals surface area contributed by atoms with Crippen molar-refractivity contribution in [2.24, 2.45) is 5.92 Å². The molecule has 8 heteroatoms. The van der Waals surface area contributed by atoms with Crippen molar-refractivity contribution in [2.75, 3.05) is 11.4 Å². The zero-order valence-corrected chi connectivity index (χ0v) is 20.0. The molecule has 1 aliphatic heterocycles. The van der Waals surface area contributed by atoms with Crippen LogP contribution in [0, 0.1) is 5.92 Å². The molecule has 1 aliphatic rings. The normalized spacial score (nSPS) is 14.7. The number of aromatic nitrogens is 2. The minimum atomic E-state index is -0.308. The molecule has 0 amide bonds. The molecule has 4 rings (SSSR count). The molecular formula is C23H25Cl3N3O2+. The average molecular weight is 482 g/mol. The molecule has 0 saturated heterocycles. The highest BCUT2D eigenvalue weighted by atomic mass is 35.5. The Hall–Kier alpha value is -1.95. The Morgan fingerprint density at radius 2 is 1.90 bits per heavy atom. The molecule has 0 radical (unpaired) electrons. The van der Waals surface area contributed by atoms with E-state index in [1.165, 1.54) is 0 Å². The van der Waals surface area contributed by atoms with Gasteiger partial charge in [-0.25, -0.2) is 4.98 Å². The topological polar surface area (TPSA) is 51.7 Å². The Bertz CT molecular complexity index is 1140. The van der Waals surface area contributed by atoms with Gasteiger partial charge in [0.25, 0.3) is 0 Å². The number of carbonyl (C=O) groups excluding carboxylic acids is 1. The van der Waals surface area contributed by atoms with Gasteiger partial charge in [-0.2, -0.15) is 0 Å². The number of aryl methyl sites for hydroxylation is 1. The summed E-state index contributed by atoms with van der Waals surface area (Å²) >= 11 is 19.2. The van der Waals surface area contributed by atoms with Gasteiger partial charge in [0, 0.05) is 30.1 Å². The lowest BCUT2D eigenvalue weighted by Gasteiger charge is -2.30. The third-order valence-corrected chi connectivity index (χ3v) is 6.38. The van der Waals surface area contributed by atoms with Crippen LogP contribution in [0.1, 0.15) is 45.3 Å². The van der Waals surface area contributed by atoms with Gasteiger partial charge in [-0.05, 0) is 50.6 Å². The van der Waals surface area contributed by atoms with E-state index in [9.17, 15) is 4.79 Å². The van der Waals surface area contributed by atoms with Gasteiger partial charge >= 0.3 is 5.97 Å². The lowest BCUT2D eigenvalue weighted by Crippen LogP contribution is -2.28. The highest BCUT2D eigenvalue weighted by molar-refractivity contribution is 6.36. The molecule has 0 aliphatic carbocycles. The van der Waals surface area contributed by atoms with Crippen molar-refractivity contribution < 1.29 is 9.53 Å². The highest BCUT2D eigenvalue weighted by Gasteiger charge is 2.32. The number of fused-ring (bicyclic) bond motifs is 3. The molecule has 0 spiro atoms.